The second-order valence-electron chi connectivity index (χ2n) is 6.27. The van der Waals surface area contributed by atoms with Gasteiger partial charge in [-0.25, -0.2) is 0 Å². The number of anilines is 1. The van der Waals surface area contributed by atoms with E-state index in [-0.39, 0.29) is 6.10 Å². The highest BCUT2D eigenvalue weighted by Crippen LogP contribution is 2.23. The van der Waals surface area contributed by atoms with Crippen LogP contribution in [0.5, 0.6) is 0 Å². The molecule has 0 saturated heterocycles. The molecule has 21 heavy (non-hydrogen) atoms. The van der Waals surface area contributed by atoms with Gasteiger partial charge in [-0.05, 0) is 24.1 Å². The number of aliphatic hydroxyl groups excluding tert-OH is 1. The average Bonchev–Trinajstić information content (AvgIpc) is 2.49. The van der Waals surface area contributed by atoms with Crippen LogP contribution < -0.4 is 4.90 Å². The highest BCUT2D eigenvalue weighted by molar-refractivity contribution is 5.47. The Kier molecular flexibility index (Phi) is 9.16. The number of nitrogens with zero attached hydrogens (tertiary/aromatic N) is 1. The third kappa shape index (κ3) is 7.52. The van der Waals surface area contributed by atoms with E-state index in [2.05, 4.69) is 24.0 Å². The van der Waals surface area contributed by atoms with Crippen LogP contribution in [-0.2, 0) is 0 Å². The fourth-order valence-electron chi connectivity index (χ4n) is 2.65. The summed E-state index contributed by atoms with van der Waals surface area (Å²) in [5, 5.41) is 10.3. The van der Waals surface area contributed by atoms with Gasteiger partial charge in [0.25, 0.3) is 0 Å². The maximum Gasteiger partial charge on any atom is 0.0790 e. The monoisotopic (exact) mass is 291 g/mol. The van der Waals surface area contributed by atoms with E-state index in [0.29, 0.717) is 0 Å². The largest absolute Gasteiger partial charge is 0.388 e. The zero-order valence-electron chi connectivity index (χ0n) is 14.1. The lowest BCUT2D eigenvalue weighted by Crippen LogP contribution is -2.09. The van der Waals surface area contributed by atoms with E-state index in [9.17, 15) is 5.11 Å². The molecule has 0 aromatic heterocycles. The Morgan fingerprint density at radius 3 is 2.19 bits per heavy atom. The summed E-state index contributed by atoms with van der Waals surface area (Å²) in [6, 6.07) is 8.23. The molecule has 2 heteroatoms. The molecule has 0 fully saturated rings. The number of hydrogen-bond donors (Lipinski definition) is 1. The van der Waals surface area contributed by atoms with Gasteiger partial charge in [0.1, 0.15) is 0 Å². The minimum atomic E-state index is -0.315. The molecule has 0 radical (unpaired) electrons. The third-order valence-electron chi connectivity index (χ3n) is 4.10. The number of unbranched alkanes of at least 4 members (excludes halogenated alkanes) is 7. The molecule has 0 aliphatic heterocycles. The van der Waals surface area contributed by atoms with Crippen molar-refractivity contribution in [2.45, 2.75) is 70.8 Å². The minimum Gasteiger partial charge on any atom is -0.388 e. The first-order chi connectivity index (χ1) is 10.1. The smallest absolute Gasteiger partial charge is 0.0790 e. The average molecular weight is 291 g/mol. The number of hydrogen-bond acceptors (Lipinski definition) is 2. The van der Waals surface area contributed by atoms with Gasteiger partial charge in [0.05, 0.1) is 6.10 Å². The number of benzene rings is 1. The molecule has 1 unspecified atom stereocenters. The first kappa shape index (κ1) is 18.0. The lowest BCUT2D eigenvalue weighted by Gasteiger charge is -2.16. The second-order valence-corrected chi connectivity index (χ2v) is 6.27. The van der Waals surface area contributed by atoms with E-state index in [1.54, 1.807) is 0 Å². The minimum absolute atomic E-state index is 0.315. The van der Waals surface area contributed by atoms with Crippen LogP contribution in [0.25, 0.3) is 0 Å². The van der Waals surface area contributed by atoms with Crippen molar-refractivity contribution in [2.24, 2.45) is 0 Å². The summed E-state index contributed by atoms with van der Waals surface area (Å²) >= 11 is 0. The molecular weight excluding hydrogens is 258 g/mol. The lowest BCUT2D eigenvalue weighted by molar-refractivity contribution is 0.163. The molecule has 0 bridgehead atoms. The van der Waals surface area contributed by atoms with Crippen molar-refractivity contribution < 1.29 is 5.11 Å². The Morgan fingerprint density at radius 1 is 0.952 bits per heavy atom. The molecule has 2 nitrogen and oxygen atoms in total. The van der Waals surface area contributed by atoms with Gasteiger partial charge in [0, 0.05) is 19.8 Å². The maximum absolute atomic E-state index is 10.3. The van der Waals surface area contributed by atoms with Crippen molar-refractivity contribution in [1.82, 2.24) is 0 Å². The third-order valence-corrected chi connectivity index (χ3v) is 4.10. The molecular formula is C19H33NO. The molecule has 120 valence electrons. The van der Waals surface area contributed by atoms with Gasteiger partial charge in [-0.2, -0.15) is 0 Å². The Hall–Kier alpha value is -1.02. The van der Waals surface area contributed by atoms with Gasteiger partial charge in [-0.1, -0.05) is 70.4 Å². The van der Waals surface area contributed by atoms with Gasteiger partial charge in [-0.15, -0.1) is 0 Å². The van der Waals surface area contributed by atoms with Crippen LogP contribution in [0.1, 0.15) is 76.4 Å². The predicted octanol–water partition coefficient (Wildman–Crippen LogP) is 5.32. The van der Waals surface area contributed by atoms with Gasteiger partial charge in [0.15, 0.2) is 0 Å². The molecule has 0 saturated carbocycles. The van der Waals surface area contributed by atoms with Gasteiger partial charge in [0.2, 0.25) is 0 Å². The Bertz CT molecular complexity index is 376. The summed E-state index contributed by atoms with van der Waals surface area (Å²) in [4.78, 5) is 2.08. The van der Waals surface area contributed by atoms with Crippen molar-refractivity contribution >= 4 is 5.69 Å². The zero-order valence-corrected chi connectivity index (χ0v) is 14.1. The molecule has 0 aliphatic rings. The van der Waals surface area contributed by atoms with Crippen molar-refractivity contribution in [3.8, 4) is 0 Å². The summed E-state index contributed by atoms with van der Waals surface area (Å²) in [5.74, 6) is 0. The fourth-order valence-corrected chi connectivity index (χ4v) is 2.65. The second kappa shape index (κ2) is 10.7. The van der Waals surface area contributed by atoms with Crippen LogP contribution >= 0.6 is 0 Å². The maximum atomic E-state index is 10.3. The van der Waals surface area contributed by atoms with E-state index in [0.717, 1.165) is 24.1 Å². The molecule has 0 amide bonds. The van der Waals surface area contributed by atoms with Crippen LogP contribution in [0.2, 0.25) is 0 Å². The molecule has 1 N–H and O–H groups in total. The van der Waals surface area contributed by atoms with E-state index >= 15 is 0 Å². The topological polar surface area (TPSA) is 23.5 Å². The van der Waals surface area contributed by atoms with Gasteiger partial charge in [-0.3, -0.25) is 0 Å². The molecule has 1 rings (SSSR count). The Morgan fingerprint density at radius 2 is 1.57 bits per heavy atom. The van der Waals surface area contributed by atoms with Crippen molar-refractivity contribution in [3.05, 3.63) is 29.8 Å². The molecule has 1 aromatic carbocycles. The van der Waals surface area contributed by atoms with Crippen molar-refractivity contribution in [3.63, 3.8) is 0 Å². The van der Waals surface area contributed by atoms with Crippen LogP contribution in [-0.4, -0.2) is 19.2 Å². The van der Waals surface area contributed by atoms with Crippen LogP contribution in [0.4, 0.5) is 5.69 Å². The Labute approximate surface area is 131 Å². The van der Waals surface area contributed by atoms with Crippen LogP contribution in [0.3, 0.4) is 0 Å². The summed E-state index contributed by atoms with van der Waals surface area (Å²) in [5.41, 5.74) is 2.20. The number of rotatable bonds is 11. The highest BCUT2D eigenvalue weighted by atomic mass is 16.3. The van der Waals surface area contributed by atoms with Crippen molar-refractivity contribution in [1.29, 1.82) is 0 Å². The fraction of sp³-hybridized carbons (Fsp3) is 0.684. The summed E-state index contributed by atoms with van der Waals surface area (Å²) in [7, 11) is 4.06. The first-order valence-electron chi connectivity index (χ1n) is 8.60. The normalized spacial score (nSPS) is 12.4. The first-order valence-corrected chi connectivity index (χ1v) is 8.60. The van der Waals surface area contributed by atoms with Crippen LogP contribution in [0.15, 0.2) is 24.3 Å². The molecule has 0 aliphatic carbocycles. The zero-order chi connectivity index (χ0) is 15.5. The van der Waals surface area contributed by atoms with Crippen molar-refractivity contribution in [2.75, 3.05) is 19.0 Å². The van der Waals surface area contributed by atoms with Gasteiger partial charge >= 0.3 is 0 Å². The van der Waals surface area contributed by atoms with Gasteiger partial charge < -0.3 is 10.0 Å². The van der Waals surface area contributed by atoms with E-state index in [1.165, 1.54) is 44.9 Å². The SMILES string of the molecule is CCCCCCCCCCC(O)c1cccc(N(C)C)c1. The molecule has 0 spiro atoms. The van der Waals surface area contributed by atoms with E-state index in [1.807, 2.05) is 26.2 Å². The highest BCUT2D eigenvalue weighted by Gasteiger charge is 2.08. The standard InChI is InChI=1S/C19H33NO/c1-4-5-6-7-8-9-10-11-15-19(21)17-13-12-14-18(16-17)20(2)3/h12-14,16,19,21H,4-11,15H2,1-3H3. The Balaban J connectivity index is 2.19. The van der Waals surface area contributed by atoms with E-state index in [4.69, 9.17) is 0 Å². The molecule has 0 heterocycles. The molecule has 1 aromatic rings. The lowest BCUT2D eigenvalue weighted by atomic mass is 10.0. The quantitative estimate of drug-likeness (QED) is 0.558. The predicted molar refractivity (Wildman–Crippen MR) is 93.0 cm³/mol. The molecule has 1 atom stereocenters. The summed E-state index contributed by atoms with van der Waals surface area (Å²) < 4.78 is 0. The van der Waals surface area contributed by atoms with Crippen LogP contribution in [0, 0.1) is 0 Å². The number of aliphatic hydroxyl groups is 1. The summed E-state index contributed by atoms with van der Waals surface area (Å²) in [6.45, 7) is 2.26. The summed E-state index contributed by atoms with van der Waals surface area (Å²) in [6.07, 6.45) is 11.1. The van der Waals surface area contributed by atoms with E-state index < -0.39 is 0 Å².